The van der Waals surface area contributed by atoms with Crippen LogP contribution in [0.25, 0.3) is 34.3 Å². The lowest BCUT2D eigenvalue weighted by Gasteiger charge is -2.09. The average molecular weight is 483 g/mol. The van der Waals surface area contributed by atoms with Crippen LogP contribution in [-0.4, -0.2) is 40.9 Å². The van der Waals surface area contributed by atoms with Crippen LogP contribution in [-0.2, 0) is 16.4 Å². The number of aromatic nitrogens is 4. The number of nitrogens with zero attached hydrogens (tertiary/aromatic N) is 4. The molecule has 0 fully saturated rings. The first kappa shape index (κ1) is 23.5. The molecule has 2 aromatic heterocycles. The normalized spacial score (nSPS) is 11.8. The Morgan fingerprint density at radius 2 is 1.79 bits per heavy atom. The lowest BCUT2D eigenvalue weighted by molar-refractivity contribution is 0.568. The lowest BCUT2D eigenvalue weighted by atomic mass is 10.1. The van der Waals surface area contributed by atoms with Gasteiger partial charge in [-0.05, 0) is 50.7 Å². The Kier molecular flexibility index (Phi) is 6.40. The third-order valence-corrected chi connectivity index (χ3v) is 7.34. The molecule has 11 heteroatoms. The molecule has 34 heavy (non-hydrogen) atoms. The molecule has 0 aliphatic rings. The summed E-state index contributed by atoms with van der Waals surface area (Å²) in [4.78, 5) is 8.84. The summed E-state index contributed by atoms with van der Waals surface area (Å²) in [5.41, 5.74) is 8.11. The van der Waals surface area contributed by atoms with Crippen molar-refractivity contribution in [1.82, 2.24) is 25.5 Å². The molecule has 0 radical (unpaired) electrons. The topological polar surface area (TPSA) is 137 Å². The van der Waals surface area contributed by atoms with E-state index in [-0.39, 0.29) is 33.8 Å². The molecule has 0 atom stereocenters. The minimum atomic E-state index is -3.39. The second kappa shape index (κ2) is 9.27. The van der Waals surface area contributed by atoms with Gasteiger partial charge < -0.3 is 15.5 Å². The van der Waals surface area contributed by atoms with E-state index in [1.165, 1.54) is 24.4 Å². The number of hydrogen-bond donors (Lipinski definition) is 2. The smallest absolute Gasteiger partial charge is 0.270 e. The van der Waals surface area contributed by atoms with E-state index in [4.69, 9.17) is 10.2 Å². The second-order valence-electron chi connectivity index (χ2n) is 7.86. The van der Waals surface area contributed by atoms with Gasteiger partial charge in [-0.15, -0.1) is 10.2 Å². The summed E-state index contributed by atoms with van der Waals surface area (Å²) in [7, 11) is -1.62. The van der Waals surface area contributed by atoms with E-state index in [0.29, 0.717) is 17.8 Å². The summed E-state index contributed by atoms with van der Waals surface area (Å²) in [5.74, 6) is -0.465. The predicted molar refractivity (Wildman–Crippen MR) is 126 cm³/mol. The van der Waals surface area contributed by atoms with E-state index < -0.39 is 20.9 Å². The molecule has 2 heterocycles. The van der Waals surface area contributed by atoms with Gasteiger partial charge in [-0.2, -0.15) is 0 Å². The molecule has 0 amide bonds. The van der Waals surface area contributed by atoms with Crippen molar-refractivity contribution < 1.29 is 17.2 Å². The fourth-order valence-electron chi connectivity index (χ4n) is 3.26. The summed E-state index contributed by atoms with van der Waals surface area (Å²) >= 11 is 0. The Bertz CT molecular complexity index is 1440. The van der Waals surface area contributed by atoms with Crippen LogP contribution in [0.1, 0.15) is 19.4 Å². The van der Waals surface area contributed by atoms with Crippen molar-refractivity contribution in [3.8, 4) is 34.3 Å². The zero-order valence-electron chi connectivity index (χ0n) is 18.8. The van der Waals surface area contributed by atoms with Crippen molar-refractivity contribution in [3.63, 3.8) is 0 Å². The van der Waals surface area contributed by atoms with Crippen molar-refractivity contribution in [1.29, 1.82) is 0 Å². The maximum absolute atomic E-state index is 14.6. The Labute approximate surface area is 196 Å². The zero-order valence-corrected chi connectivity index (χ0v) is 19.6. The highest BCUT2D eigenvalue weighted by Gasteiger charge is 2.21. The molecule has 2 aromatic carbocycles. The van der Waals surface area contributed by atoms with Crippen LogP contribution < -0.4 is 11.1 Å². The fourth-order valence-corrected chi connectivity index (χ4v) is 4.32. The molecule has 4 aromatic rings. The number of nitrogens with one attached hydrogen (secondary N) is 1. The number of nitrogens with two attached hydrogens (primary N) is 1. The molecule has 4 rings (SSSR count). The Hall–Kier alpha value is -3.70. The van der Waals surface area contributed by atoms with Crippen LogP contribution in [0.3, 0.4) is 0 Å². The lowest BCUT2D eigenvalue weighted by Crippen LogP contribution is -2.13. The molecule has 176 valence electrons. The van der Waals surface area contributed by atoms with Crippen LogP contribution >= 0.6 is 0 Å². The third kappa shape index (κ3) is 4.52. The van der Waals surface area contributed by atoms with Crippen LogP contribution in [0.15, 0.2) is 58.0 Å². The van der Waals surface area contributed by atoms with Gasteiger partial charge in [0.1, 0.15) is 5.82 Å². The highest BCUT2D eigenvalue weighted by atomic mass is 32.2. The zero-order chi connectivity index (χ0) is 24.5. The third-order valence-electron chi connectivity index (χ3n) is 5.17. The molecule has 9 nitrogen and oxygen atoms in total. The standard InChI is InChI=1S/C23H23FN6O3S/c1-13(2)34(31,32)16-7-5-15(6-8-16)19-12-27-21(25)20(28-19)23-30-29-22(33-23)17-9-4-14(11-26-3)10-18(17)24/h4-10,12-13,26H,11H2,1-3H3,(H2,25,27). The summed E-state index contributed by atoms with van der Waals surface area (Å²) in [6.07, 6.45) is 1.46. The number of rotatable bonds is 7. The Morgan fingerprint density at radius 1 is 1.09 bits per heavy atom. The van der Waals surface area contributed by atoms with E-state index in [2.05, 4.69) is 25.5 Å². The molecule has 0 aliphatic carbocycles. The average Bonchev–Trinajstić information content (AvgIpc) is 3.29. The molecular formula is C23H23FN6O3S. The maximum atomic E-state index is 14.6. The van der Waals surface area contributed by atoms with Gasteiger partial charge >= 0.3 is 0 Å². The van der Waals surface area contributed by atoms with Gasteiger partial charge in [-0.25, -0.2) is 22.8 Å². The number of benzene rings is 2. The minimum absolute atomic E-state index is 0.0143. The summed E-state index contributed by atoms with van der Waals surface area (Å²) in [6.45, 7) is 3.78. The molecule has 0 saturated heterocycles. The monoisotopic (exact) mass is 482 g/mol. The molecular weight excluding hydrogens is 459 g/mol. The number of sulfone groups is 1. The van der Waals surface area contributed by atoms with E-state index in [1.54, 1.807) is 45.2 Å². The molecule has 0 aliphatic heterocycles. The Morgan fingerprint density at radius 3 is 2.44 bits per heavy atom. The van der Waals surface area contributed by atoms with Gasteiger partial charge in [0.25, 0.3) is 11.8 Å². The SMILES string of the molecule is CNCc1ccc(-c2nnc(-c3nc(-c4ccc(S(=O)(=O)C(C)C)cc4)cnc3N)o2)c(F)c1. The van der Waals surface area contributed by atoms with Crippen LogP contribution in [0, 0.1) is 5.82 Å². The van der Waals surface area contributed by atoms with Crippen molar-refractivity contribution in [2.24, 2.45) is 0 Å². The number of halogens is 1. The summed E-state index contributed by atoms with van der Waals surface area (Å²) < 4.78 is 44.9. The molecule has 0 saturated carbocycles. The first-order valence-corrected chi connectivity index (χ1v) is 12.0. The van der Waals surface area contributed by atoms with Crippen molar-refractivity contribution >= 4 is 15.7 Å². The van der Waals surface area contributed by atoms with E-state index in [9.17, 15) is 12.8 Å². The fraction of sp³-hybridized carbons (Fsp3) is 0.217. The van der Waals surface area contributed by atoms with Crippen LogP contribution in [0.4, 0.5) is 10.2 Å². The van der Waals surface area contributed by atoms with Crippen molar-refractivity contribution in [2.75, 3.05) is 12.8 Å². The van der Waals surface area contributed by atoms with Gasteiger partial charge in [0, 0.05) is 12.1 Å². The van der Waals surface area contributed by atoms with Crippen molar-refractivity contribution in [3.05, 3.63) is 60.0 Å². The second-order valence-corrected chi connectivity index (χ2v) is 10.4. The van der Waals surface area contributed by atoms with Gasteiger partial charge in [-0.3, -0.25) is 0 Å². The number of anilines is 1. The van der Waals surface area contributed by atoms with E-state index >= 15 is 0 Å². The largest absolute Gasteiger partial charge is 0.414 e. The highest BCUT2D eigenvalue weighted by Crippen LogP contribution is 2.29. The minimum Gasteiger partial charge on any atom is -0.414 e. The molecule has 0 unspecified atom stereocenters. The van der Waals surface area contributed by atoms with Gasteiger partial charge in [0.15, 0.2) is 21.3 Å². The number of nitrogen functional groups attached to an aromatic ring is 1. The van der Waals surface area contributed by atoms with Crippen LogP contribution in [0.5, 0.6) is 0 Å². The first-order valence-electron chi connectivity index (χ1n) is 10.4. The van der Waals surface area contributed by atoms with E-state index in [1.807, 2.05) is 0 Å². The maximum Gasteiger partial charge on any atom is 0.270 e. The predicted octanol–water partition coefficient (Wildman–Crippen LogP) is 3.48. The first-order chi connectivity index (χ1) is 16.2. The summed E-state index contributed by atoms with van der Waals surface area (Å²) in [6, 6.07) is 11.0. The summed E-state index contributed by atoms with van der Waals surface area (Å²) in [5, 5.41) is 10.3. The van der Waals surface area contributed by atoms with Gasteiger partial charge in [0.2, 0.25) is 0 Å². The van der Waals surface area contributed by atoms with E-state index in [0.717, 1.165) is 5.56 Å². The molecule has 0 spiro atoms. The molecule has 3 N–H and O–H groups in total. The van der Waals surface area contributed by atoms with Crippen LogP contribution in [0.2, 0.25) is 0 Å². The molecule has 0 bridgehead atoms. The van der Waals surface area contributed by atoms with Crippen molar-refractivity contribution in [2.45, 2.75) is 30.5 Å². The quantitative estimate of drug-likeness (QED) is 0.405. The highest BCUT2D eigenvalue weighted by molar-refractivity contribution is 7.92. The Balaban J connectivity index is 1.66. The number of hydrogen-bond acceptors (Lipinski definition) is 9. The van der Waals surface area contributed by atoms with Gasteiger partial charge in [0.05, 0.1) is 27.6 Å². The van der Waals surface area contributed by atoms with Gasteiger partial charge in [-0.1, -0.05) is 18.2 Å².